The summed E-state index contributed by atoms with van der Waals surface area (Å²) in [4.78, 5) is 19.5. The summed E-state index contributed by atoms with van der Waals surface area (Å²) in [5, 5.41) is 2.88. The van der Waals surface area contributed by atoms with Gasteiger partial charge in [-0.05, 0) is 42.8 Å². The molecule has 7 heteroatoms. The van der Waals surface area contributed by atoms with Crippen LogP contribution in [-0.4, -0.2) is 42.4 Å². The normalized spacial score (nSPS) is 17.2. The molecule has 2 heterocycles. The van der Waals surface area contributed by atoms with Crippen LogP contribution in [0.5, 0.6) is 0 Å². The molecule has 1 N–H and O–H groups in total. The number of hydrogen-bond donors (Lipinski definition) is 1. The summed E-state index contributed by atoms with van der Waals surface area (Å²) in [7, 11) is 0. The number of amides is 1. The molecule has 1 saturated heterocycles. The first-order valence-electron chi connectivity index (χ1n) is 8.57. The summed E-state index contributed by atoms with van der Waals surface area (Å²) in [5.74, 6) is 0.886. The topological polar surface area (TPSA) is 54.5 Å². The van der Waals surface area contributed by atoms with Gasteiger partial charge in [-0.25, -0.2) is 9.37 Å². The summed E-state index contributed by atoms with van der Waals surface area (Å²) in [6.07, 6.45) is 2.01. The average molecular weight is 375 g/mol. The second-order valence-corrected chi connectivity index (χ2v) is 7.22. The maximum Gasteiger partial charge on any atom is 0.230 e. The number of hydrogen-bond acceptors (Lipinski definition) is 5. The molecule has 0 bridgehead atoms. The Morgan fingerprint density at radius 3 is 2.85 bits per heavy atom. The van der Waals surface area contributed by atoms with Crippen LogP contribution in [0.4, 0.5) is 10.2 Å². The van der Waals surface area contributed by atoms with Crippen LogP contribution in [0.25, 0.3) is 0 Å². The SMILES string of the molecule is CC1CN(c2ccc(CNC(=O)CSc3ccc(F)cc3)cn2)CCO1. The largest absolute Gasteiger partial charge is 0.375 e. The van der Waals surface area contributed by atoms with Crippen molar-refractivity contribution in [1.29, 1.82) is 0 Å². The molecular formula is C19H22FN3O2S. The molecule has 1 aliphatic heterocycles. The smallest absolute Gasteiger partial charge is 0.230 e. The zero-order valence-electron chi connectivity index (χ0n) is 14.7. The van der Waals surface area contributed by atoms with Crippen molar-refractivity contribution in [3.63, 3.8) is 0 Å². The van der Waals surface area contributed by atoms with Gasteiger partial charge in [-0.15, -0.1) is 11.8 Å². The molecule has 0 aliphatic carbocycles. The molecular weight excluding hydrogens is 353 g/mol. The molecule has 0 radical (unpaired) electrons. The predicted octanol–water partition coefficient (Wildman–Crippen LogP) is 2.85. The molecule has 1 atom stereocenters. The van der Waals surface area contributed by atoms with Crippen LogP contribution in [-0.2, 0) is 16.1 Å². The molecule has 2 aromatic rings. The minimum atomic E-state index is -0.277. The van der Waals surface area contributed by atoms with E-state index in [4.69, 9.17) is 4.74 Å². The number of pyridine rings is 1. The van der Waals surface area contributed by atoms with E-state index < -0.39 is 0 Å². The Morgan fingerprint density at radius 2 is 2.15 bits per heavy atom. The maximum absolute atomic E-state index is 12.9. The lowest BCUT2D eigenvalue weighted by Crippen LogP contribution is -2.41. The van der Waals surface area contributed by atoms with Gasteiger partial charge in [0.2, 0.25) is 5.91 Å². The highest BCUT2D eigenvalue weighted by atomic mass is 32.2. The van der Waals surface area contributed by atoms with Gasteiger partial charge in [0, 0.05) is 30.7 Å². The number of nitrogens with one attached hydrogen (secondary N) is 1. The number of nitrogens with zero attached hydrogens (tertiary/aromatic N) is 2. The lowest BCUT2D eigenvalue weighted by atomic mass is 10.2. The van der Waals surface area contributed by atoms with E-state index in [1.165, 1.54) is 23.9 Å². The monoisotopic (exact) mass is 375 g/mol. The predicted molar refractivity (Wildman–Crippen MR) is 101 cm³/mol. The quantitative estimate of drug-likeness (QED) is 0.787. The van der Waals surface area contributed by atoms with Crippen molar-refractivity contribution >= 4 is 23.5 Å². The van der Waals surface area contributed by atoms with E-state index in [0.717, 1.165) is 29.4 Å². The first-order valence-corrected chi connectivity index (χ1v) is 9.55. The van der Waals surface area contributed by atoms with Crippen LogP contribution in [0, 0.1) is 5.82 Å². The highest BCUT2D eigenvalue weighted by Gasteiger charge is 2.17. The fraction of sp³-hybridized carbons (Fsp3) is 0.368. The molecule has 5 nitrogen and oxygen atoms in total. The Bertz CT molecular complexity index is 725. The molecule has 1 unspecified atom stereocenters. The van der Waals surface area contributed by atoms with Crippen molar-refractivity contribution < 1.29 is 13.9 Å². The van der Waals surface area contributed by atoms with E-state index >= 15 is 0 Å². The zero-order valence-corrected chi connectivity index (χ0v) is 15.5. The van der Waals surface area contributed by atoms with Gasteiger partial charge >= 0.3 is 0 Å². The lowest BCUT2D eigenvalue weighted by Gasteiger charge is -2.32. The van der Waals surface area contributed by atoms with E-state index in [0.29, 0.717) is 18.9 Å². The Kier molecular flexibility index (Phi) is 6.46. The fourth-order valence-corrected chi connectivity index (χ4v) is 3.39. The summed E-state index contributed by atoms with van der Waals surface area (Å²) in [6.45, 7) is 4.89. The number of anilines is 1. The van der Waals surface area contributed by atoms with Crippen LogP contribution < -0.4 is 10.2 Å². The number of ether oxygens (including phenoxy) is 1. The fourth-order valence-electron chi connectivity index (χ4n) is 2.67. The molecule has 0 saturated carbocycles. The molecule has 138 valence electrons. The lowest BCUT2D eigenvalue weighted by molar-refractivity contribution is -0.118. The number of rotatable bonds is 6. The molecule has 1 aromatic heterocycles. The Morgan fingerprint density at radius 1 is 1.35 bits per heavy atom. The number of aromatic nitrogens is 1. The van der Waals surface area contributed by atoms with Crippen molar-refractivity contribution in [3.05, 3.63) is 54.0 Å². The average Bonchev–Trinajstić information content (AvgIpc) is 2.66. The molecule has 1 aromatic carbocycles. The van der Waals surface area contributed by atoms with Gasteiger partial charge in [-0.2, -0.15) is 0 Å². The molecule has 1 fully saturated rings. The van der Waals surface area contributed by atoms with E-state index in [1.807, 2.05) is 12.1 Å². The highest BCUT2D eigenvalue weighted by Crippen LogP contribution is 2.18. The zero-order chi connectivity index (χ0) is 18.4. The molecule has 3 rings (SSSR count). The van der Waals surface area contributed by atoms with Crippen LogP contribution >= 0.6 is 11.8 Å². The van der Waals surface area contributed by atoms with Gasteiger partial charge in [0.25, 0.3) is 0 Å². The van der Waals surface area contributed by atoms with Crippen molar-refractivity contribution in [3.8, 4) is 0 Å². The van der Waals surface area contributed by atoms with Crippen molar-refractivity contribution in [1.82, 2.24) is 10.3 Å². The van der Waals surface area contributed by atoms with Crippen molar-refractivity contribution in [2.75, 3.05) is 30.3 Å². The third-order valence-corrected chi connectivity index (χ3v) is 5.06. The second kappa shape index (κ2) is 9.00. The summed E-state index contributed by atoms with van der Waals surface area (Å²) >= 11 is 1.38. The molecule has 1 aliphatic rings. The van der Waals surface area contributed by atoms with Gasteiger partial charge in [-0.1, -0.05) is 6.07 Å². The van der Waals surface area contributed by atoms with Crippen LogP contribution in [0.1, 0.15) is 12.5 Å². The number of thioether (sulfide) groups is 1. The molecule has 0 spiro atoms. The number of benzene rings is 1. The van der Waals surface area contributed by atoms with Gasteiger partial charge in [-0.3, -0.25) is 4.79 Å². The first kappa shape index (κ1) is 18.7. The molecule has 26 heavy (non-hydrogen) atoms. The molecule has 1 amide bonds. The first-order chi connectivity index (χ1) is 12.6. The Labute approximate surface area is 156 Å². The van der Waals surface area contributed by atoms with E-state index in [9.17, 15) is 9.18 Å². The van der Waals surface area contributed by atoms with Crippen LogP contribution in [0.3, 0.4) is 0 Å². The van der Waals surface area contributed by atoms with Gasteiger partial charge in [0.15, 0.2) is 0 Å². The van der Waals surface area contributed by atoms with Gasteiger partial charge < -0.3 is 15.0 Å². The number of carbonyl (C=O) groups is 1. The second-order valence-electron chi connectivity index (χ2n) is 6.17. The maximum atomic E-state index is 12.9. The van der Waals surface area contributed by atoms with Crippen LogP contribution in [0.15, 0.2) is 47.5 Å². The van der Waals surface area contributed by atoms with E-state index in [-0.39, 0.29) is 17.8 Å². The number of halogens is 1. The number of morpholine rings is 1. The third kappa shape index (κ3) is 5.44. The highest BCUT2D eigenvalue weighted by molar-refractivity contribution is 8.00. The minimum absolute atomic E-state index is 0.0644. The van der Waals surface area contributed by atoms with Crippen molar-refractivity contribution in [2.24, 2.45) is 0 Å². The Balaban J connectivity index is 1.44. The van der Waals surface area contributed by atoms with E-state index in [2.05, 4.69) is 22.1 Å². The minimum Gasteiger partial charge on any atom is -0.375 e. The Hall–Kier alpha value is -2.12. The summed E-state index contributed by atoms with van der Waals surface area (Å²) in [6, 6.07) is 10.1. The summed E-state index contributed by atoms with van der Waals surface area (Å²) in [5.41, 5.74) is 0.954. The third-order valence-electron chi connectivity index (χ3n) is 4.05. The number of carbonyl (C=O) groups excluding carboxylic acids is 1. The van der Waals surface area contributed by atoms with Gasteiger partial charge in [0.05, 0.1) is 18.5 Å². The van der Waals surface area contributed by atoms with Gasteiger partial charge in [0.1, 0.15) is 11.6 Å². The van der Waals surface area contributed by atoms with E-state index in [1.54, 1.807) is 18.3 Å². The standard InChI is InChI=1S/C19H22FN3O2S/c1-14-12-23(8-9-25-14)18-7-2-15(10-21-18)11-22-19(24)13-26-17-5-3-16(20)4-6-17/h2-7,10,14H,8-9,11-13H2,1H3,(H,22,24). The van der Waals surface area contributed by atoms with Crippen molar-refractivity contribution in [2.45, 2.75) is 24.5 Å². The summed E-state index contributed by atoms with van der Waals surface area (Å²) < 4.78 is 18.4. The van der Waals surface area contributed by atoms with Crippen LogP contribution in [0.2, 0.25) is 0 Å².